The van der Waals surface area contributed by atoms with E-state index in [1.807, 2.05) is 25.1 Å². The van der Waals surface area contributed by atoms with Crippen LogP contribution in [0, 0.1) is 6.92 Å². The van der Waals surface area contributed by atoms with Gasteiger partial charge in [-0.2, -0.15) is 9.61 Å². The fourth-order valence-corrected chi connectivity index (χ4v) is 4.66. The Balaban J connectivity index is 1.67. The molecule has 0 fully saturated rings. The van der Waals surface area contributed by atoms with Gasteiger partial charge in [0.25, 0.3) is 5.56 Å². The number of halogens is 1. The summed E-state index contributed by atoms with van der Waals surface area (Å²) in [6.07, 6.45) is 1.01. The molecule has 9 heteroatoms. The molecule has 6 nitrogen and oxygen atoms in total. The second-order valence-corrected chi connectivity index (χ2v) is 8.41. The van der Waals surface area contributed by atoms with Crippen LogP contribution in [-0.2, 0) is 12.3 Å². The van der Waals surface area contributed by atoms with Gasteiger partial charge >= 0.3 is 0 Å². The Hall–Kier alpha value is -1.90. The summed E-state index contributed by atoms with van der Waals surface area (Å²) in [7, 11) is 0. The molecular formula is C17H16ClN5OS2. The Labute approximate surface area is 162 Å². The monoisotopic (exact) mass is 405 g/mol. The normalized spacial score (nSPS) is 11.7. The molecule has 134 valence electrons. The highest BCUT2D eigenvalue weighted by atomic mass is 35.5. The predicted octanol–water partition coefficient (Wildman–Crippen LogP) is 4.16. The van der Waals surface area contributed by atoms with Crippen LogP contribution in [0.1, 0.15) is 24.0 Å². The van der Waals surface area contributed by atoms with Crippen molar-refractivity contribution in [1.29, 1.82) is 0 Å². The topological polar surface area (TPSA) is 65.1 Å². The molecule has 0 N–H and O–H groups in total. The van der Waals surface area contributed by atoms with Crippen LogP contribution < -0.4 is 5.56 Å². The van der Waals surface area contributed by atoms with Gasteiger partial charge in [-0.15, -0.1) is 0 Å². The Morgan fingerprint density at radius 2 is 2.12 bits per heavy atom. The van der Waals surface area contributed by atoms with Gasteiger partial charge < -0.3 is 4.57 Å². The standard InChI is InChI=1S/C17H16ClN5OS2/c1-3-6-22-14-5-4-11(18)7-13(14)20-16(22)25-9-12-8-15(24)23-17(19-12)26-10(2)21-23/h4-5,7-8H,3,6,9H2,1-2H3. The van der Waals surface area contributed by atoms with E-state index in [0.717, 1.165) is 39.9 Å². The minimum absolute atomic E-state index is 0.149. The van der Waals surface area contributed by atoms with Crippen LogP contribution in [0.3, 0.4) is 0 Å². The van der Waals surface area contributed by atoms with E-state index in [0.29, 0.717) is 15.7 Å². The summed E-state index contributed by atoms with van der Waals surface area (Å²) in [5.41, 5.74) is 2.54. The lowest BCUT2D eigenvalue weighted by Gasteiger charge is -2.07. The van der Waals surface area contributed by atoms with Crippen molar-refractivity contribution in [2.24, 2.45) is 0 Å². The number of thioether (sulfide) groups is 1. The van der Waals surface area contributed by atoms with E-state index in [1.165, 1.54) is 15.9 Å². The van der Waals surface area contributed by atoms with Gasteiger partial charge in [0, 0.05) is 23.4 Å². The molecule has 4 aromatic rings. The zero-order valence-corrected chi connectivity index (χ0v) is 16.7. The number of aromatic nitrogens is 5. The molecule has 0 aliphatic heterocycles. The summed E-state index contributed by atoms with van der Waals surface area (Å²) in [5.74, 6) is 0.573. The molecule has 0 unspecified atom stereocenters. The second kappa shape index (κ2) is 7.02. The minimum atomic E-state index is -0.149. The number of hydrogen-bond acceptors (Lipinski definition) is 6. The molecule has 0 bridgehead atoms. The second-order valence-electron chi connectivity index (χ2n) is 5.87. The molecule has 0 atom stereocenters. The Morgan fingerprint density at radius 3 is 2.92 bits per heavy atom. The SMILES string of the molecule is CCCn1c(SCc2cc(=O)n3nc(C)sc3n2)nc2cc(Cl)ccc21. The van der Waals surface area contributed by atoms with Crippen LogP contribution in [-0.4, -0.2) is 24.1 Å². The fourth-order valence-electron chi connectivity index (χ4n) is 2.80. The maximum absolute atomic E-state index is 12.2. The molecule has 0 spiro atoms. The van der Waals surface area contributed by atoms with Gasteiger partial charge in [-0.25, -0.2) is 9.97 Å². The largest absolute Gasteiger partial charge is 0.319 e. The first kappa shape index (κ1) is 17.5. The highest BCUT2D eigenvalue weighted by molar-refractivity contribution is 7.98. The highest BCUT2D eigenvalue weighted by Gasteiger charge is 2.13. The van der Waals surface area contributed by atoms with Crippen LogP contribution in [0.2, 0.25) is 5.02 Å². The lowest BCUT2D eigenvalue weighted by molar-refractivity contribution is 0.638. The third-order valence-corrected chi connectivity index (χ3v) is 5.94. The van der Waals surface area contributed by atoms with E-state index in [4.69, 9.17) is 16.6 Å². The zero-order chi connectivity index (χ0) is 18.3. The number of fused-ring (bicyclic) bond motifs is 2. The third kappa shape index (κ3) is 3.24. The molecule has 0 aliphatic carbocycles. The summed E-state index contributed by atoms with van der Waals surface area (Å²) < 4.78 is 3.54. The number of aryl methyl sites for hydroxylation is 2. The lowest BCUT2D eigenvalue weighted by Crippen LogP contribution is -2.15. The average Bonchev–Trinajstić information content (AvgIpc) is 3.13. The molecule has 0 radical (unpaired) electrons. The summed E-state index contributed by atoms with van der Waals surface area (Å²) in [5, 5.41) is 6.58. The molecule has 3 heterocycles. The maximum atomic E-state index is 12.2. The molecule has 0 saturated carbocycles. The van der Waals surface area contributed by atoms with Crippen molar-refractivity contribution in [2.45, 2.75) is 37.7 Å². The maximum Gasteiger partial charge on any atom is 0.275 e. The van der Waals surface area contributed by atoms with E-state index >= 15 is 0 Å². The van der Waals surface area contributed by atoms with Gasteiger partial charge in [-0.05, 0) is 31.5 Å². The molecule has 26 heavy (non-hydrogen) atoms. The fraction of sp³-hybridized carbons (Fsp3) is 0.294. The third-order valence-electron chi connectivity index (χ3n) is 3.87. The smallest absolute Gasteiger partial charge is 0.275 e. The van der Waals surface area contributed by atoms with Crippen molar-refractivity contribution >= 4 is 50.7 Å². The van der Waals surface area contributed by atoms with Crippen LogP contribution in [0.4, 0.5) is 0 Å². The number of rotatable bonds is 5. The number of hydrogen-bond donors (Lipinski definition) is 0. The Kier molecular flexibility index (Phi) is 4.73. The number of nitrogens with zero attached hydrogens (tertiary/aromatic N) is 5. The van der Waals surface area contributed by atoms with Crippen molar-refractivity contribution in [3.8, 4) is 0 Å². The molecule has 0 aliphatic rings. The first-order valence-corrected chi connectivity index (χ1v) is 10.4. The Bertz CT molecular complexity index is 1160. The van der Waals surface area contributed by atoms with Gasteiger partial charge in [0.05, 0.1) is 16.7 Å². The van der Waals surface area contributed by atoms with Gasteiger partial charge in [0.1, 0.15) is 5.01 Å². The van der Waals surface area contributed by atoms with Crippen molar-refractivity contribution < 1.29 is 0 Å². The summed E-state index contributed by atoms with van der Waals surface area (Å²) in [6.45, 7) is 4.88. The van der Waals surface area contributed by atoms with Crippen LogP contribution in [0.25, 0.3) is 16.0 Å². The molecule has 0 saturated heterocycles. The average molecular weight is 406 g/mol. The van der Waals surface area contributed by atoms with Gasteiger partial charge in [-0.1, -0.05) is 41.6 Å². The predicted molar refractivity (Wildman–Crippen MR) is 106 cm³/mol. The van der Waals surface area contributed by atoms with E-state index in [2.05, 4.69) is 21.6 Å². The van der Waals surface area contributed by atoms with Gasteiger partial charge in [0.15, 0.2) is 5.16 Å². The highest BCUT2D eigenvalue weighted by Crippen LogP contribution is 2.28. The van der Waals surface area contributed by atoms with Crippen LogP contribution >= 0.6 is 34.7 Å². The van der Waals surface area contributed by atoms with E-state index in [-0.39, 0.29) is 5.56 Å². The molecule has 3 aromatic heterocycles. The van der Waals surface area contributed by atoms with Gasteiger partial charge in [-0.3, -0.25) is 4.79 Å². The lowest BCUT2D eigenvalue weighted by atomic mass is 10.3. The summed E-state index contributed by atoms with van der Waals surface area (Å²) in [6, 6.07) is 7.31. The molecule has 4 rings (SSSR count). The zero-order valence-electron chi connectivity index (χ0n) is 14.3. The van der Waals surface area contributed by atoms with Crippen molar-refractivity contribution in [2.75, 3.05) is 0 Å². The molecular weight excluding hydrogens is 390 g/mol. The van der Waals surface area contributed by atoms with Crippen LogP contribution in [0.5, 0.6) is 0 Å². The van der Waals surface area contributed by atoms with E-state index in [9.17, 15) is 4.79 Å². The molecule has 1 aromatic carbocycles. The van der Waals surface area contributed by atoms with Crippen molar-refractivity contribution in [3.05, 3.63) is 50.3 Å². The van der Waals surface area contributed by atoms with Crippen LogP contribution in [0.15, 0.2) is 34.2 Å². The summed E-state index contributed by atoms with van der Waals surface area (Å²) >= 11 is 9.09. The number of benzene rings is 1. The first-order valence-electron chi connectivity index (χ1n) is 8.20. The Morgan fingerprint density at radius 1 is 1.27 bits per heavy atom. The van der Waals surface area contributed by atoms with E-state index < -0.39 is 0 Å². The van der Waals surface area contributed by atoms with E-state index in [1.54, 1.807) is 17.8 Å². The minimum Gasteiger partial charge on any atom is -0.319 e. The number of imidazole rings is 1. The van der Waals surface area contributed by atoms with Gasteiger partial charge in [0.2, 0.25) is 4.96 Å². The van der Waals surface area contributed by atoms with Crippen molar-refractivity contribution in [3.63, 3.8) is 0 Å². The molecule has 0 amide bonds. The van der Waals surface area contributed by atoms with Crippen molar-refractivity contribution in [1.82, 2.24) is 24.1 Å². The first-order chi connectivity index (χ1) is 12.5. The summed E-state index contributed by atoms with van der Waals surface area (Å²) in [4.78, 5) is 22.1. The quantitative estimate of drug-likeness (QED) is 0.466.